The van der Waals surface area contributed by atoms with Gasteiger partial charge in [0.15, 0.2) is 5.65 Å². The molecule has 3 rings (SSSR count). The zero-order chi connectivity index (χ0) is 11.1. The number of fused-ring (bicyclic) bond motifs is 1. The molecule has 4 heteroatoms. The van der Waals surface area contributed by atoms with Crippen LogP contribution in [0.2, 0.25) is 0 Å². The zero-order valence-corrected chi connectivity index (χ0v) is 9.70. The second kappa shape index (κ2) is 3.56. The van der Waals surface area contributed by atoms with Crippen LogP contribution in [0.25, 0.3) is 5.65 Å². The van der Waals surface area contributed by atoms with Crippen molar-refractivity contribution in [1.29, 1.82) is 0 Å². The highest BCUT2D eigenvalue weighted by Crippen LogP contribution is 2.19. The van der Waals surface area contributed by atoms with Crippen molar-refractivity contribution in [2.45, 2.75) is 39.3 Å². The average Bonchev–Trinajstić information content (AvgIpc) is 3.05. The van der Waals surface area contributed by atoms with Gasteiger partial charge in [0.1, 0.15) is 0 Å². The van der Waals surface area contributed by atoms with E-state index in [2.05, 4.69) is 28.5 Å². The van der Waals surface area contributed by atoms with Gasteiger partial charge in [-0.15, -0.1) is 0 Å². The topological polar surface area (TPSA) is 42.2 Å². The molecule has 0 spiro atoms. The van der Waals surface area contributed by atoms with Gasteiger partial charge in [-0.1, -0.05) is 0 Å². The number of hydrogen-bond donors (Lipinski definition) is 1. The SMILES string of the molecule is Cc1nn2cc(CNC3CC3)cnc2c1C. The summed E-state index contributed by atoms with van der Waals surface area (Å²) in [5.41, 5.74) is 4.39. The highest BCUT2D eigenvalue weighted by Gasteiger charge is 2.20. The van der Waals surface area contributed by atoms with E-state index in [1.807, 2.05) is 17.6 Å². The molecule has 0 aromatic carbocycles. The smallest absolute Gasteiger partial charge is 0.158 e. The van der Waals surface area contributed by atoms with Crippen LogP contribution in [-0.4, -0.2) is 20.6 Å². The second-order valence-corrected chi connectivity index (χ2v) is 4.60. The van der Waals surface area contributed by atoms with E-state index in [1.54, 1.807) is 0 Å². The number of nitrogens with one attached hydrogen (secondary N) is 1. The molecular formula is C12H16N4. The third-order valence-corrected chi connectivity index (χ3v) is 3.17. The highest BCUT2D eigenvalue weighted by atomic mass is 15.2. The molecule has 0 saturated heterocycles. The van der Waals surface area contributed by atoms with E-state index in [1.165, 1.54) is 24.0 Å². The Balaban J connectivity index is 1.89. The van der Waals surface area contributed by atoms with E-state index < -0.39 is 0 Å². The van der Waals surface area contributed by atoms with Crippen molar-refractivity contribution in [2.24, 2.45) is 0 Å². The fourth-order valence-electron chi connectivity index (χ4n) is 1.84. The van der Waals surface area contributed by atoms with E-state index in [9.17, 15) is 0 Å². The van der Waals surface area contributed by atoms with Gasteiger partial charge in [0.25, 0.3) is 0 Å². The zero-order valence-electron chi connectivity index (χ0n) is 9.70. The van der Waals surface area contributed by atoms with Crippen LogP contribution < -0.4 is 5.32 Å². The monoisotopic (exact) mass is 216 g/mol. The van der Waals surface area contributed by atoms with Crippen LogP contribution in [0.3, 0.4) is 0 Å². The summed E-state index contributed by atoms with van der Waals surface area (Å²) >= 11 is 0. The van der Waals surface area contributed by atoms with Gasteiger partial charge in [0.05, 0.1) is 5.69 Å². The molecule has 2 heterocycles. The Kier molecular flexibility index (Phi) is 2.17. The number of nitrogens with zero attached hydrogens (tertiary/aromatic N) is 3. The standard InChI is InChI=1S/C12H16N4/c1-8-9(2)15-16-7-10(6-14-12(8)16)5-13-11-3-4-11/h6-7,11,13H,3-5H2,1-2H3. The molecule has 1 aliphatic rings. The molecule has 2 aromatic heterocycles. The first kappa shape index (κ1) is 9.78. The minimum Gasteiger partial charge on any atom is -0.310 e. The lowest BCUT2D eigenvalue weighted by Crippen LogP contribution is -2.15. The van der Waals surface area contributed by atoms with Crippen molar-refractivity contribution in [3.63, 3.8) is 0 Å². The van der Waals surface area contributed by atoms with E-state index >= 15 is 0 Å². The number of hydrogen-bond acceptors (Lipinski definition) is 3. The third kappa shape index (κ3) is 1.69. The first-order valence-electron chi connectivity index (χ1n) is 5.78. The summed E-state index contributed by atoms with van der Waals surface area (Å²) in [5, 5.41) is 7.92. The number of rotatable bonds is 3. The van der Waals surface area contributed by atoms with Crippen LogP contribution >= 0.6 is 0 Å². The van der Waals surface area contributed by atoms with Crippen LogP contribution in [0.1, 0.15) is 29.7 Å². The first-order valence-corrected chi connectivity index (χ1v) is 5.78. The van der Waals surface area contributed by atoms with Crippen molar-refractivity contribution >= 4 is 5.65 Å². The molecule has 16 heavy (non-hydrogen) atoms. The molecule has 0 amide bonds. The summed E-state index contributed by atoms with van der Waals surface area (Å²) in [7, 11) is 0. The minimum atomic E-state index is 0.733. The van der Waals surface area contributed by atoms with Gasteiger partial charge >= 0.3 is 0 Å². The summed E-state index contributed by atoms with van der Waals surface area (Å²) < 4.78 is 1.88. The van der Waals surface area contributed by atoms with E-state index in [0.29, 0.717) is 0 Å². The normalized spacial score (nSPS) is 15.9. The molecule has 0 radical (unpaired) electrons. The first-order chi connectivity index (χ1) is 7.74. The molecule has 0 unspecified atom stereocenters. The Labute approximate surface area is 94.7 Å². The number of aryl methyl sites for hydroxylation is 2. The lowest BCUT2D eigenvalue weighted by atomic mass is 10.3. The lowest BCUT2D eigenvalue weighted by Gasteiger charge is -2.02. The molecule has 0 atom stereocenters. The summed E-state index contributed by atoms with van der Waals surface area (Å²) in [5.74, 6) is 0. The quantitative estimate of drug-likeness (QED) is 0.847. The van der Waals surface area contributed by atoms with Gasteiger partial charge in [-0.3, -0.25) is 0 Å². The van der Waals surface area contributed by atoms with E-state index in [4.69, 9.17) is 0 Å². The second-order valence-electron chi connectivity index (χ2n) is 4.60. The van der Waals surface area contributed by atoms with Crippen molar-refractivity contribution < 1.29 is 0 Å². The molecule has 1 aliphatic carbocycles. The Hall–Kier alpha value is -1.42. The Morgan fingerprint density at radius 2 is 2.25 bits per heavy atom. The molecule has 1 fully saturated rings. The van der Waals surface area contributed by atoms with Gasteiger partial charge in [-0.2, -0.15) is 5.10 Å². The molecular weight excluding hydrogens is 200 g/mol. The van der Waals surface area contributed by atoms with Crippen molar-refractivity contribution in [3.05, 3.63) is 29.2 Å². The largest absolute Gasteiger partial charge is 0.310 e. The van der Waals surface area contributed by atoms with Crippen molar-refractivity contribution in [2.75, 3.05) is 0 Å². The summed E-state index contributed by atoms with van der Waals surface area (Å²) in [6, 6.07) is 0.733. The summed E-state index contributed by atoms with van der Waals surface area (Å²) in [6.07, 6.45) is 6.64. The van der Waals surface area contributed by atoms with Crippen molar-refractivity contribution in [3.8, 4) is 0 Å². The van der Waals surface area contributed by atoms with Crippen molar-refractivity contribution in [1.82, 2.24) is 19.9 Å². The maximum Gasteiger partial charge on any atom is 0.158 e. The molecule has 4 nitrogen and oxygen atoms in total. The molecule has 2 aromatic rings. The highest BCUT2D eigenvalue weighted by molar-refractivity contribution is 5.48. The minimum absolute atomic E-state index is 0.733. The van der Waals surface area contributed by atoms with Gasteiger partial charge < -0.3 is 5.32 Å². The molecule has 1 N–H and O–H groups in total. The predicted molar refractivity (Wildman–Crippen MR) is 62.3 cm³/mol. The average molecular weight is 216 g/mol. The fraction of sp³-hybridized carbons (Fsp3) is 0.500. The fourth-order valence-corrected chi connectivity index (χ4v) is 1.84. The summed E-state index contributed by atoms with van der Waals surface area (Å²) in [4.78, 5) is 4.46. The lowest BCUT2D eigenvalue weighted by molar-refractivity contribution is 0.680. The van der Waals surface area contributed by atoms with Gasteiger partial charge in [-0.05, 0) is 26.7 Å². The van der Waals surface area contributed by atoms with Crippen LogP contribution in [0.15, 0.2) is 12.4 Å². The van der Waals surface area contributed by atoms with Gasteiger partial charge in [0.2, 0.25) is 0 Å². The Morgan fingerprint density at radius 3 is 3.00 bits per heavy atom. The van der Waals surface area contributed by atoms with Crippen LogP contribution in [0.5, 0.6) is 0 Å². The maximum atomic E-state index is 4.46. The van der Waals surface area contributed by atoms with Crippen LogP contribution in [0.4, 0.5) is 0 Å². The molecule has 0 bridgehead atoms. The maximum absolute atomic E-state index is 4.46. The molecule has 0 aliphatic heterocycles. The summed E-state index contributed by atoms with van der Waals surface area (Å²) in [6.45, 7) is 4.98. The van der Waals surface area contributed by atoms with Gasteiger partial charge in [-0.25, -0.2) is 9.50 Å². The van der Waals surface area contributed by atoms with Crippen LogP contribution in [0, 0.1) is 13.8 Å². The number of aromatic nitrogens is 3. The molecule has 1 saturated carbocycles. The Bertz CT molecular complexity index is 525. The van der Waals surface area contributed by atoms with Crippen LogP contribution in [-0.2, 0) is 6.54 Å². The van der Waals surface area contributed by atoms with E-state index in [-0.39, 0.29) is 0 Å². The Morgan fingerprint density at radius 1 is 1.44 bits per heavy atom. The third-order valence-electron chi connectivity index (χ3n) is 3.17. The predicted octanol–water partition coefficient (Wildman–Crippen LogP) is 1.60. The molecule has 84 valence electrons. The van der Waals surface area contributed by atoms with Gasteiger partial charge in [0, 0.05) is 36.1 Å². The van der Waals surface area contributed by atoms with E-state index in [0.717, 1.165) is 23.9 Å².